The molecule has 10 atom stereocenters. The lowest BCUT2D eigenvalue weighted by atomic mass is 9.40. The number of anilines is 2. The molecule has 4 aliphatic rings. The van der Waals surface area contributed by atoms with E-state index in [9.17, 15) is 5.11 Å². The highest BCUT2D eigenvalue weighted by atomic mass is 16.3. The summed E-state index contributed by atoms with van der Waals surface area (Å²) in [4.78, 5) is 0. The molecule has 0 amide bonds. The first kappa shape index (κ1) is 27.9. The molecular formula is C34H55N3O. The first-order valence-electron chi connectivity index (χ1n) is 15.6. The van der Waals surface area contributed by atoms with E-state index in [0.717, 1.165) is 65.8 Å². The molecule has 38 heavy (non-hydrogen) atoms. The van der Waals surface area contributed by atoms with Gasteiger partial charge in [-0.2, -0.15) is 0 Å². The van der Waals surface area contributed by atoms with Crippen LogP contribution in [0.3, 0.4) is 0 Å². The van der Waals surface area contributed by atoms with Crippen LogP contribution in [0, 0.1) is 51.8 Å². The Balaban J connectivity index is 1.37. The van der Waals surface area contributed by atoms with Crippen LogP contribution in [0.5, 0.6) is 0 Å². The standard InChI is InChI=1S/C34H55N3O/c1-21(7-6-8-22(2)35)26-12-13-27-25-11-14-30-33(4,28(25)15-17-32(26,27)3)18-16-31(38)34(30,5)20-23-9-10-24(36)19-29(23)37/h8-10,19,21,25-28,30-31,38H,6-7,11-18,20,35-37H2,1-5H3/b22-8-. The molecule has 7 N–H and O–H groups in total. The monoisotopic (exact) mass is 521 g/mol. The molecule has 4 aliphatic carbocycles. The number of allylic oxidation sites excluding steroid dienone is 2. The van der Waals surface area contributed by atoms with Crippen molar-refractivity contribution < 1.29 is 5.11 Å². The molecule has 0 saturated heterocycles. The number of aliphatic hydroxyl groups excluding tert-OH is 1. The number of nitrogens with two attached hydrogens (primary N) is 3. The number of fused-ring (bicyclic) bond motifs is 5. The molecule has 4 fully saturated rings. The predicted octanol–water partition coefficient (Wildman–Crippen LogP) is 7.31. The van der Waals surface area contributed by atoms with E-state index in [1.165, 1.54) is 51.4 Å². The predicted molar refractivity (Wildman–Crippen MR) is 160 cm³/mol. The van der Waals surface area contributed by atoms with Gasteiger partial charge in [0.2, 0.25) is 0 Å². The number of rotatable bonds is 6. The van der Waals surface area contributed by atoms with Crippen LogP contribution in [-0.2, 0) is 6.42 Å². The molecule has 4 saturated carbocycles. The zero-order chi connectivity index (χ0) is 27.5. The van der Waals surface area contributed by atoms with Gasteiger partial charge in [-0.15, -0.1) is 0 Å². The summed E-state index contributed by atoms with van der Waals surface area (Å²) < 4.78 is 0. The summed E-state index contributed by atoms with van der Waals surface area (Å²) >= 11 is 0. The lowest BCUT2D eigenvalue weighted by molar-refractivity contribution is -0.184. The fraction of sp³-hybridized carbons (Fsp3) is 0.765. The Kier molecular flexibility index (Phi) is 7.38. The second-order valence-corrected chi connectivity index (χ2v) is 14.9. The van der Waals surface area contributed by atoms with Crippen molar-refractivity contribution in [3.63, 3.8) is 0 Å². The molecule has 0 radical (unpaired) electrons. The van der Waals surface area contributed by atoms with Crippen molar-refractivity contribution in [1.29, 1.82) is 0 Å². The van der Waals surface area contributed by atoms with E-state index in [0.29, 0.717) is 22.4 Å². The maximum Gasteiger partial charge on any atom is 0.0600 e. The van der Waals surface area contributed by atoms with E-state index in [2.05, 4.69) is 39.8 Å². The van der Waals surface area contributed by atoms with E-state index in [1.807, 2.05) is 19.1 Å². The molecule has 0 aliphatic heterocycles. The maximum absolute atomic E-state index is 11.5. The number of benzene rings is 1. The van der Waals surface area contributed by atoms with E-state index >= 15 is 0 Å². The summed E-state index contributed by atoms with van der Waals surface area (Å²) in [6.45, 7) is 12.2. The average Bonchev–Trinajstić information content (AvgIpc) is 3.21. The lowest BCUT2D eigenvalue weighted by Gasteiger charge is -2.65. The zero-order valence-corrected chi connectivity index (χ0v) is 24.8. The summed E-state index contributed by atoms with van der Waals surface area (Å²) in [6.07, 6.45) is 15.4. The Bertz CT molecular complexity index is 1050. The minimum Gasteiger partial charge on any atom is -0.403 e. The minimum absolute atomic E-state index is 0.148. The van der Waals surface area contributed by atoms with Crippen LogP contribution in [0.15, 0.2) is 30.0 Å². The van der Waals surface area contributed by atoms with E-state index in [-0.39, 0.29) is 11.5 Å². The second kappa shape index (κ2) is 10.1. The van der Waals surface area contributed by atoms with Crippen LogP contribution in [0.2, 0.25) is 0 Å². The molecular weight excluding hydrogens is 466 g/mol. The average molecular weight is 522 g/mol. The number of hydrogen-bond acceptors (Lipinski definition) is 4. The SMILES string of the molecule is C/C(N)=C/CCC(C)C1CCC2C3CCC4C(C)(Cc5ccc(N)cc5N)C(O)CCC4(C)C3CCC12C. The van der Waals surface area contributed by atoms with Gasteiger partial charge in [-0.05, 0) is 142 Å². The highest BCUT2D eigenvalue weighted by molar-refractivity contribution is 5.57. The number of aliphatic hydroxyl groups is 1. The van der Waals surface area contributed by atoms with Crippen LogP contribution >= 0.6 is 0 Å². The first-order chi connectivity index (χ1) is 17.9. The van der Waals surface area contributed by atoms with Crippen molar-refractivity contribution >= 4 is 11.4 Å². The van der Waals surface area contributed by atoms with Crippen LogP contribution in [-0.4, -0.2) is 11.2 Å². The third kappa shape index (κ3) is 4.47. The minimum atomic E-state index is -0.272. The first-order valence-corrected chi connectivity index (χ1v) is 15.6. The fourth-order valence-electron chi connectivity index (χ4n) is 11.1. The molecule has 0 bridgehead atoms. The van der Waals surface area contributed by atoms with Gasteiger partial charge < -0.3 is 22.3 Å². The quantitative estimate of drug-likeness (QED) is 0.295. The van der Waals surface area contributed by atoms with E-state index < -0.39 is 0 Å². The van der Waals surface area contributed by atoms with Crippen molar-refractivity contribution in [2.24, 2.45) is 57.5 Å². The number of hydrogen-bond donors (Lipinski definition) is 4. The van der Waals surface area contributed by atoms with Gasteiger partial charge >= 0.3 is 0 Å². The van der Waals surface area contributed by atoms with Gasteiger partial charge in [-0.3, -0.25) is 0 Å². The van der Waals surface area contributed by atoms with Gasteiger partial charge in [0, 0.05) is 22.5 Å². The van der Waals surface area contributed by atoms with Gasteiger partial charge in [0.1, 0.15) is 0 Å². The summed E-state index contributed by atoms with van der Waals surface area (Å²) in [7, 11) is 0. The van der Waals surface area contributed by atoms with Gasteiger partial charge in [0.25, 0.3) is 0 Å². The summed E-state index contributed by atoms with van der Waals surface area (Å²) in [5.74, 6) is 4.64. The Labute approximate surface area is 232 Å². The number of nitrogen functional groups attached to an aromatic ring is 2. The molecule has 1 aromatic rings. The molecule has 10 unspecified atom stereocenters. The molecule has 0 heterocycles. The Morgan fingerprint density at radius 3 is 2.42 bits per heavy atom. The molecule has 0 spiro atoms. The van der Waals surface area contributed by atoms with Gasteiger partial charge in [0.15, 0.2) is 0 Å². The summed E-state index contributed by atoms with van der Waals surface area (Å²) in [6, 6.07) is 5.95. The van der Waals surface area contributed by atoms with Crippen molar-refractivity contribution in [3.8, 4) is 0 Å². The summed E-state index contributed by atoms with van der Waals surface area (Å²) in [5, 5.41) is 11.5. The van der Waals surface area contributed by atoms with Crippen LogP contribution in [0.4, 0.5) is 11.4 Å². The third-order valence-corrected chi connectivity index (χ3v) is 13.0. The van der Waals surface area contributed by atoms with Crippen molar-refractivity contribution in [2.75, 3.05) is 11.5 Å². The summed E-state index contributed by atoms with van der Waals surface area (Å²) in [5.41, 5.74) is 22.6. The van der Waals surface area contributed by atoms with Gasteiger partial charge in [-0.1, -0.05) is 39.8 Å². The van der Waals surface area contributed by atoms with Crippen molar-refractivity contribution in [1.82, 2.24) is 0 Å². The topological polar surface area (TPSA) is 98.3 Å². The van der Waals surface area contributed by atoms with Crippen molar-refractivity contribution in [3.05, 3.63) is 35.5 Å². The van der Waals surface area contributed by atoms with Crippen LogP contribution < -0.4 is 17.2 Å². The highest BCUT2D eigenvalue weighted by Gasteiger charge is 2.64. The Hall–Kier alpha value is -1.68. The van der Waals surface area contributed by atoms with Crippen LogP contribution in [0.25, 0.3) is 0 Å². The Morgan fingerprint density at radius 2 is 1.71 bits per heavy atom. The van der Waals surface area contributed by atoms with Gasteiger partial charge in [0.05, 0.1) is 6.10 Å². The normalized spacial score (nSPS) is 43.7. The lowest BCUT2D eigenvalue weighted by Crippen LogP contribution is -2.60. The van der Waals surface area contributed by atoms with Crippen molar-refractivity contribution in [2.45, 2.75) is 111 Å². The largest absolute Gasteiger partial charge is 0.403 e. The molecule has 0 aromatic heterocycles. The van der Waals surface area contributed by atoms with Crippen LogP contribution in [0.1, 0.15) is 104 Å². The Morgan fingerprint density at radius 1 is 1.00 bits per heavy atom. The highest BCUT2D eigenvalue weighted by Crippen LogP contribution is 2.70. The molecule has 4 heteroatoms. The fourth-order valence-corrected chi connectivity index (χ4v) is 11.1. The van der Waals surface area contributed by atoms with Gasteiger partial charge in [-0.25, -0.2) is 0 Å². The van der Waals surface area contributed by atoms with E-state index in [1.54, 1.807) is 0 Å². The molecule has 212 valence electrons. The molecule has 4 nitrogen and oxygen atoms in total. The molecule has 5 rings (SSSR count). The third-order valence-electron chi connectivity index (χ3n) is 13.0. The smallest absolute Gasteiger partial charge is 0.0600 e. The molecule has 1 aromatic carbocycles. The maximum atomic E-state index is 11.5. The zero-order valence-electron chi connectivity index (χ0n) is 24.8. The van der Waals surface area contributed by atoms with E-state index in [4.69, 9.17) is 17.2 Å². The second-order valence-electron chi connectivity index (χ2n) is 14.9.